The predicted molar refractivity (Wildman–Crippen MR) is 119 cm³/mol. The molecule has 1 aromatic carbocycles. The normalized spacial score (nSPS) is 11.5. The average molecular weight is 412 g/mol. The summed E-state index contributed by atoms with van der Waals surface area (Å²) < 4.78 is 0. The van der Waals surface area contributed by atoms with Crippen molar-refractivity contribution in [2.45, 2.75) is 0 Å². The molecule has 1 amide bonds. The number of nitrogens with one attached hydrogen (secondary N) is 3. The summed E-state index contributed by atoms with van der Waals surface area (Å²) in [6, 6.07) is 11.7. The minimum Gasteiger partial charge on any atom is -0.337 e. The molecule has 0 spiro atoms. The van der Waals surface area contributed by atoms with Gasteiger partial charge in [-0.05, 0) is 38.4 Å². The van der Waals surface area contributed by atoms with Crippen LogP contribution in [0.3, 0.4) is 0 Å². The van der Waals surface area contributed by atoms with Gasteiger partial charge in [0.15, 0.2) is 5.82 Å². The monoisotopic (exact) mass is 412 g/mol. The number of rotatable bonds is 5. The van der Waals surface area contributed by atoms with Gasteiger partial charge in [-0.2, -0.15) is 5.10 Å². The van der Waals surface area contributed by atoms with Crippen LogP contribution in [0, 0.1) is 0 Å². The van der Waals surface area contributed by atoms with E-state index in [2.05, 4.69) is 35.5 Å². The molecule has 4 aromatic heterocycles. The smallest absolute Gasteiger partial charge is 0.238 e. The first-order chi connectivity index (χ1) is 15.1. The zero-order valence-corrected chi connectivity index (χ0v) is 17.0. The molecule has 0 bridgehead atoms. The van der Waals surface area contributed by atoms with Crippen LogP contribution in [0.5, 0.6) is 0 Å². The lowest BCUT2D eigenvalue weighted by atomic mass is 10.1. The number of imidazole rings is 1. The number of hydrogen-bond donors (Lipinski definition) is 3. The lowest BCUT2D eigenvalue weighted by Crippen LogP contribution is -2.27. The standard InChI is InChI=1S/C22H20N8O/c1-30(2)12-20(31)25-14-7-13(9-23-10-14)18-8-15-19(11-24-18)28-29-21(15)22-26-16-5-3-4-6-17(16)27-22/h3-11H,12H2,1-2H3,(H,25,31)(H,26,27)(H,28,29). The van der Waals surface area contributed by atoms with Gasteiger partial charge in [0.05, 0.1) is 46.9 Å². The van der Waals surface area contributed by atoms with Crippen molar-refractivity contribution in [1.29, 1.82) is 0 Å². The molecule has 4 heterocycles. The second kappa shape index (κ2) is 7.62. The molecule has 0 saturated carbocycles. The van der Waals surface area contributed by atoms with Crippen LogP contribution in [0.2, 0.25) is 0 Å². The lowest BCUT2D eigenvalue weighted by Gasteiger charge is -2.10. The quantitative estimate of drug-likeness (QED) is 0.409. The Morgan fingerprint density at radius 1 is 1.10 bits per heavy atom. The number of nitrogens with zero attached hydrogens (tertiary/aromatic N) is 5. The molecule has 5 aromatic rings. The highest BCUT2D eigenvalue weighted by molar-refractivity contribution is 5.95. The van der Waals surface area contributed by atoms with Crippen LogP contribution in [0.25, 0.3) is 44.7 Å². The Morgan fingerprint density at radius 3 is 2.81 bits per heavy atom. The van der Waals surface area contributed by atoms with Gasteiger partial charge >= 0.3 is 0 Å². The van der Waals surface area contributed by atoms with Gasteiger partial charge in [-0.15, -0.1) is 0 Å². The number of fused-ring (bicyclic) bond motifs is 2. The van der Waals surface area contributed by atoms with Crippen LogP contribution >= 0.6 is 0 Å². The highest BCUT2D eigenvalue weighted by Gasteiger charge is 2.14. The second-order valence-electron chi connectivity index (χ2n) is 7.54. The van der Waals surface area contributed by atoms with E-state index < -0.39 is 0 Å². The van der Waals surface area contributed by atoms with Crippen LogP contribution < -0.4 is 5.32 Å². The zero-order chi connectivity index (χ0) is 21.4. The van der Waals surface area contributed by atoms with Gasteiger partial charge in [0.25, 0.3) is 0 Å². The third kappa shape index (κ3) is 3.74. The number of likely N-dealkylation sites (N-methyl/N-ethyl adjacent to an activating group) is 1. The summed E-state index contributed by atoms with van der Waals surface area (Å²) in [5.74, 6) is 0.585. The van der Waals surface area contributed by atoms with Crippen molar-refractivity contribution in [2.24, 2.45) is 0 Å². The molecule has 9 heteroatoms. The first-order valence-corrected chi connectivity index (χ1v) is 9.76. The van der Waals surface area contributed by atoms with Gasteiger partial charge in [-0.1, -0.05) is 12.1 Å². The molecule has 0 atom stereocenters. The van der Waals surface area contributed by atoms with Gasteiger partial charge in [0.1, 0.15) is 5.69 Å². The molecule has 5 rings (SSSR count). The van der Waals surface area contributed by atoms with Crippen LogP contribution in [0.4, 0.5) is 5.69 Å². The van der Waals surface area contributed by atoms with Gasteiger partial charge in [0.2, 0.25) is 5.91 Å². The SMILES string of the molecule is CN(C)CC(=O)Nc1cncc(-c2cc3c(-c4nc5ccccc5[nH]4)n[nH]c3cn2)c1. The fraction of sp³-hybridized carbons (Fsp3) is 0.136. The number of hydrogen-bond acceptors (Lipinski definition) is 6. The first kappa shape index (κ1) is 18.9. The van der Waals surface area contributed by atoms with Crippen LogP contribution in [-0.4, -0.2) is 61.6 Å². The summed E-state index contributed by atoms with van der Waals surface area (Å²) >= 11 is 0. The van der Waals surface area contributed by atoms with E-state index >= 15 is 0 Å². The van der Waals surface area contributed by atoms with Gasteiger partial charge in [0, 0.05) is 17.1 Å². The van der Waals surface area contributed by atoms with Crippen molar-refractivity contribution in [3.8, 4) is 22.8 Å². The summed E-state index contributed by atoms with van der Waals surface area (Å²) in [5.41, 5.74) is 5.50. The Labute approximate surface area is 177 Å². The molecule has 3 N–H and O–H groups in total. The highest BCUT2D eigenvalue weighted by Crippen LogP contribution is 2.29. The summed E-state index contributed by atoms with van der Waals surface area (Å²) in [6.45, 7) is 0.296. The molecule has 0 aliphatic rings. The number of para-hydroxylation sites is 2. The number of carbonyl (C=O) groups excluding carboxylic acids is 1. The number of H-pyrrole nitrogens is 2. The van der Waals surface area contributed by atoms with Gasteiger partial charge in [-0.3, -0.25) is 19.9 Å². The number of aromatic amines is 2. The molecule has 0 aliphatic heterocycles. The molecule has 154 valence electrons. The van der Waals surface area contributed by atoms with E-state index in [0.717, 1.165) is 38.9 Å². The van der Waals surface area contributed by atoms with E-state index in [9.17, 15) is 4.79 Å². The van der Waals surface area contributed by atoms with E-state index in [1.54, 1.807) is 23.5 Å². The minimum atomic E-state index is -0.102. The maximum absolute atomic E-state index is 12.1. The number of amides is 1. The van der Waals surface area contributed by atoms with Crippen LogP contribution in [0.1, 0.15) is 0 Å². The fourth-order valence-corrected chi connectivity index (χ4v) is 3.46. The molecular weight excluding hydrogens is 392 g/mol. The number of aromatic nitrogens is 6. The number of anilines is 1. The largest absolute Gasteiger partial charge is 0.337 e. The first-order valence-electron chi connectivity index (χ1n) is 9.76. The maximum atomic E-state index is 12.1. The van der Waals surface area contributed by atoms with E-state index in [0.29, 0.717) is 18.1 Å². The Hall–Kier alpha value is -4.11. The Balaban J connectivity index is 1.51. The Bertz CT molecular complexity index is 1370. The summed E-state index contributed by atoms with van der Waals surface area (Å²) in [4.78, 5) is 30.6. The Morgan fingerprint density at radius 2 is 1.97 bits per heavy atom. The maximum Gasteiger partial charge on any atom is 0.238 e. The van der Waals surface area contributed by atoms with E-state index in [4.69, 9.17) is 0 Å². The van der Waals surface area contributed by atoms with E-state index in [1.807, 2.05) is 50.5 Å². The predicted octanol–water partition coefficient (Wildman–Crippen LogP) is 3.06. The van der Waals surface area contributed by atoms with Gasteiger partial charge in [-0.25, -0.2) is 4.98 Å². The van der Waals surface area contributed by atoms with Crippen molar-refractivity contribution >= 4 is 33.5 Å². The third-order valence-corrected chi connectivity index (χ3v) is 4.84. The molecular formula is C22H20N8O. The Kier molecular flexibility index (Phi) is 4.64. The molecule has 0 radical (unpaired) electrons. The minimum absolute atomic E-state index is 0.102. The van der Waals surface area contributed by atoms with Crippen LogP contribution in [0.15, 0.2) is 55.0 Å². The van der Waals surface area contributed by atoms with Crippen molar-refractivity contribution < 1.29 is 4.79 Å². The van der Waals surface area contributed by atoms with Crippen LogP contribution in [-0.2, 0) is 4.79 Å². The van der Waals surface area contributed by atoms with Crippen molar-refractivity contribution in [3.63, 3.8) is 0 Å². The number of carbonyl (C=O) groups is 1. The fourth-order valence-electron chi connectivity index (χ4n) is 3.46. The van der Waals surface area contributed by atoms with E-state index in [1.165, 1.54) is 0 Å². The lowest BCUT2D eigenvalue weighted by molar-refractivity contribution is -0.116. The molecule has 0 unspecified atom stereocenters. The summed E-state index contributed by atoms with van der Waals surface area (Å²) in [6.07, 6.45) is 5.07. The van der Waals surface area contributed by atoms with Crippen molar-refractivity contribution in [1.82, 2.24) is 35.0 Å². The zero-order valence-electron chi connectivity index (χ0n) is 17.0. The third-order valence-electron chi connectivity index (χ3n) is 4.84. The molecule has 0 aliphatic carbocycles. The summed E-state index contributed by atoms with van der Waals surface area (Å²) in [7, 11) is 3.69. The number of benzene rings is 1. The van der Waals surface area contributed by atoms with Crippen molar-refractivity contribution in [3.05, 3.63) is 55.0 Å². The second-order valence-corrected chi connectivity index (χ2v) is 7.54. The molecule has 0 fully saturated rings. The molecule has 9 nitrogen and oxygen atoms in total. The van der Waals surface area contributed by atoms with Crippen molar-refractivity contribution in [2.75, 3.05) is 26.0 Å². The number of pyridine rings is 2. The molecule has 31 heavy (non-hydrogen) atoms. The highest BCUT2D eigenvalue weighted by atomic mass is 16.2. The molecule has 0 saturated heterocycles. The summed E-state index contributed by atoms with van der Waals surface area (Å²) in [5, 5.41) is 11.2. The average Bonchev–Trinajstić information content (AvgIpc) is 3.36. The topological polar surface area (TPSA) is 115 Å². The van der Waals surface area contributed by atoms with E-state index in [-0.39, 0.29) is 5.91 Å². The van der Waals surface area contributed by atoms with Gasteiger partial charge < -0.3 is 15.2 Å².